The Hall–Kier alpha value is -1.89. The maximum Gasteiger partial charge on any atom is 0.166 e. The third-order valence-electron chi connectivity index (χ3n) is 4.86. The Morgan fingerprint density at radius 1 is 1.27 bits per heavy atom. The van der Waals surface area contributed by atoms with Crippen LogP contribution in [0.5, 0.6) is 0 Å². The molecule has 6 heteroatoms. The minimum absolute atomic E-state index is 0.258. The molecule has 0 spiro atoms. The van der Waals surface area contributed by atoms with Crippen molar-refractivity contribution in [1.29, 1.82) is 0 Å². The van der Waals surface area contributed by atoms with Crippen LogP contribution in [0.15, 0.2) is 48.0 Å². The van der Waals surface area contributed by atoms with E-state index in [-0.39, 0.29) is 12.0 Å². The average molecular weight is 386 g/mol. The number of fused-ring (bicyclic) bond motifs is 1. The van der Waals surface area contributed by atoms with E-state index < -0.39 is 0 Å². The summed E-state index contributed by atoms with van der Waals surface area (Å²) >= 11 is 7.27. The van der Waals surface area contributed by atoms with Gasteiger partial charge in [0.25, 0.3) is 0 Å². The molecule has 0 bridgehead atoms. The van der Waals surface area contributed by atoms with Crippen molar-refractivity contribution in [3.05, 3.63) is 58.4 Å². The van der Waals surface area contributed by atoms with E-state index in [9.17, 15) is 0 Å². The molecule has 3 aromatic rings. The summed E-state index contributed by atoms with van der Waals surface area (Å²) in [5.41, 5.74) is 2.47. The number of H-pyrrole nitrogens is 1. The molecule has 0 amide bonds. The van der Waals surface area contributed by atoms with E-state index in [2.05, 4.69) is 63.6 Å². The van der Waals surface area contributed by atoms with Crippen LogP contribution in [0.25, 0.3) is 10.9 Å². The van der Waals surface area contributed by atoms with Crippen LogP contribution in [0, 0.1) is 0 Å². The van der Waals surface area contributed by atoms with E-state index in [0.29, 0.717) is 5.11 Å². The van der Waals surface area contributed by atoms with E-state index >= 15 is 0 Å². The number of aromatic amines is 1. The second-order valence-corrected chi connectivity index (χ2v) is 7.97. The summed E-state index contributed by atoms with van der Waals surface area (Å²) in [6.07, 6.45) is 4.67. The largest absolute Gasteiger partial charge is 0.376 e. The number of thiocarbonyl (C=S) groups is 1. The number of benzene rings is 1. The first-order valence-electron chi connectivity index (χ1n) is 9.04. The van der Waals surface area contributed by atoms with Crippen LogP contribution in [0.2, 0.25) is 0 Å². The molecule has 0 aliphatic carbocycles. The van der Waals surface area contributed by atoms with Crippen molar-refractivity contribution in [3.8, 4) is 0 Å². The van der Waals surface area contributed by atoms with Gasteiger partial charge >= 0.3 is 0 Å². The molecular formula is C20H23N3OS2. The summed E-state index contributed by atoms with van der Waals surface area (Å²) < 4.78 is 5.64. The molecule has 0 radical (unpaired) electrons. The smallest absolute Gasteiger partial charge is 0.166 e. The zero-order valence-corrected chi connectivity index (χ0v) is 16.2. The van der Waals surface area contributed by atoms with E-state index in [1.807, 2.05) is 0 Å². The Kier molecular flexibility index (Phi) is 5.53. The molecule has 1 aliphatic heterocycles. The molecule has 1 fully saturated rings. The Bertz CT molecular complexity index is 853. The SMILES string of the molecule is S=C(NC[C@@H]1CCCO1)NC[C@@H](c1cccs1)c1c[nH]c2ccccc12. The van der Waals surface area contributed by atoms with Gasteiger partial charge in [-0.2, -0.15) is 0 Å². The molecule has 0 saturated carbocycles. The summed E-state index contributed by atoms with van der Waals surface area (Å²) in [7, 11) is 0. The Balaban J connectivity index is 1.45. The minimum Gasteiger partial charge on any atom is -0.376 e. The van der Waals surface area contributed by atoms with E-state index in [4.69, 9.17) is 17.0 Å². The fourth-order valence-corrected chi connectivity index (χ4v) is 4.52. The molecule has 26 heavy (non-hydrogen) atoms. The van der Waals surface area contributed by atoms with Crippen molar-refractivity contribution in [2.75, 3.05) is 19.7 Å². The minimum atomic E-state index is 0.258. The summed E-state index contributed by atoms with van der Waals surface area (Å²) in [6.45, 7) is 2.41. The van der Waals surface area contributed by atoms with Crippen molar-refractivity contribution in [2.24, 2.45) is 0 Å². The Labute approximate surface area is 163 Å². The number of hydrogen-bond acceptors (Lipinski definition) is 3. The van der Waals surface area contributed by atoms with Gasteiger partial charge in [-0.15, -0.1) is 11.3 Å². The van der Waals surface area contributed by atoms with Crippen molar-refractivity contribution in [3.63, 3.8) is 0 Å². The second kappa shape index (κ2) is 8.20. The second-order valence-electron chi connectivity index (χ2n) is 6.58. The monoisotopic (exact) mass is 385 g/mol. The molecule has 0 unspecified atom stereocenters. The summed E-state index contributed by atoms with van der Waals surface area (Å²) in [5, 5.41) is 10.8. The van der Waals surface area contributed by atoms with Gasteiger partial charge in [-0.25, -0.2) is 0 Å². The fraction of sp³-hybridized carbons (Fsp3) is 0.350. The predicted octanol–water partition coefficient (Wildman–Crippen LogP) is 4.00. The third kappa shape index (κ3) is 3.92. The fourth-order valence-electron chi connectivity index (χ4n) is 3.50. The number of thiophene rings is 1. The van der Waals surface area contributed by atoms with Crippen LogP contribution in [0.3, 0.4) is 0 Å². The normalized spacial score (nSPS) is 18.1. The van der Waals surface area contributed by atoms with Gasteiger partial charge in [-0.1, -0.05) is 24.3 Å². The highest BCUT2D eigenvalue weighted by Crippen LogP contribution is 2.32. The molecule has 4 nitrogen and oxygen atoms in total. The number of rotatable bonds is 6. The first-order valence-corrected chi connectivity index (χ1v) is 10.3. The van der Waals surface area contributed by atoms with Gasteiger partial charge in [0.1, 0.15) is 0 Å². The molecule has 2 aromatic heterocycles. The maximum atomic E-state index is 5.64. The summed E-state index contributed by atoms with van der Waals surface area (Å²) in [4.78, 5) is 4.73. The quantitative estimate of drug-likeness (QED) is 0.561. The molecule has 3 heterocycles. The molecule has 1 saturated heterocycles. The van der Waals surface area contributed by atoms with E-state index in [1.165, 1.54) is 21.3 Å². The van der Waals surface area contributed by atoms with Gasteiger partial charge in [-0.05, 0) is 48.1 Å². The molecule has 2 atom stereocenters. The number of aromatic nitrogens is 1. The summed E-state index contributed by atoms with van der Waals surface area (Å²) in [6, 6.07) is 12.7. The zero-order valence-electron chi connectivity index (χ0n) is 14.5. The predicted molar refractivity (Wildman–Crippen MR) is 112 cm³/mol. The van der Waals surface area contributed by atoms with Crippen LogP contribution in [0.1, 0.15) is 29.2 Å². The molecule has 136 valence electrons. The lowest BCUT2D eigenvalue weighted by molar-refractivity contribution is 0.114. The summed E-state index contributed by atoms with van der Waals surface area (Å²) in [5.74, 6) is 0.258. The van der Waals surface area contributed by atoms with Gasteiger partial charge in [-0.3, -0.25) is 0 Å². The van der Waals surface area contributed by atoms with Gasteiger partial charge in [0, 0.05) is 47.6 Å². The Morgan fingerprint density at radius 2 is 2.19 bits per heavy atom. The van der Waals surface area contributed by atoms with Gasteiger partial charge in [0.05, 0.1) is 6.10 Å². The third-order valence-corrected chi connectivity index (χ3v) is 6.14. The van der Waals surface area contributed by atoms with Gasteiger partial charge in [0.15, 0.2) is 5.11 Å². The highest BCUT2D eigenvalue weighted by molar-refractivity contribution is 7.80. The lowest BCUT2D eigenvalue weighted by Gasteiger charge is -2.19. The number of nitrogens with one attached hydrogen (secondary N) is 3. The lowest BCUT2D eigenvalue weighted by atomic mass is 9.97. The molecule has 1 aliphatic rings. The average Bonchev–Trinajstić information content (AvgIpc) is 3.42. The molecular weight excluding hydrogens is 362 g/mol. The molecule has 3 N–H and O–H groups in total. The van der Waals surface area contributed by atoms with Crippen molar-refractivity contribution in [2.45, 2.75) is 24.9 Å². The number of hydrogen-bond donors (Lipinski definition) is 3. The van der Waals surface area contributed by atoms with Crippen molar-refractivity contribution >= 4 is 39.6 Å². The first kappa shape index (κ1) is 17.5. The van der Waals surface area contributed by atoms with Gasteiger partial charge in [0.2, 0.25) is 0 Å². The topological polar surface area (TPSA) is 49.1 Å². The molecule has 1 aromatic carbocycles. The van der Waals surface area contributed by atoms with E-state index in [0.717, 1.165) is 32.5 Å². The van der Waals surface area contributed by atoms with Crippen molar-refractivity contribution in [1.82, 2.24) is 15.6 Å². The maximum absolute atomic E-state index is 5.64. The van der Waals surface area contributed by atoms with Crippen LogP contribution in [-0.2, 0) is 4.74 Å². The number of ether oxygens (including phenoxy) is 1. The standard InChI is InChI=1S/C20H23N3OS2/c25-20(22-11-14-5-3-9-24-14)23-13-17(19-8-4-10-26-19)16-12-21-18-7-2-1-6-15(16)18/h1-2,4,6-8,10,12,14,17,21H,3,5,9,11,13H2,(H2,22,23,25)/t14-,17+/m0/s1. The highest BCUT2D eigenvalue weighted by atomic mass is 32.1. The van der Waals surface area contributed by atoms with Crippen LogP contribution < -0.4 is 10.6 Å². The highest BCUT2D eigenvalue weighted by Gasteiger charge is 2.20. The van der Waals surface area contributed by atoms with Crippen molar-refractivity contribution < 1.29 is 4.74 Å². The Morgan fingerprint density at radius 3 is 3.00 bits per heavy atom. The van der Waals surface area contributed by atoms with Gasteiger partial charge < -0.3 is 20.4 Å². The first-order chi connectivity index (χ1) is 12.8. The lowest BCUT2D eigenvalue weighted by Crippen LogP contribution is -2.41. The van der Waals surface area contributed by atoms with Crippen LogP contribution in [0.4, 0.5) is 0 Å². The van der Waals surface area contributed by atoms with Crippen LogP contribution >= 0.6 is 23.6 Å². The molecule has 4 rings (SSSR count). The zero-order chi connectivity index (χ0) is 17.8. The number of para-hydroxylation sites is 1. The van der Waals surface area contributed by atoms with Crippen LogP contribution in [-0.4, -0.2) is 35.9 Å². The van der Waals surface area contributed by atoms with E-state index in [1.54, 1.807) is 11.3 Å².